The highest BCUT2D eigenvalue weighted by Crippen LogP contribution is 2.29. The van der Waals surface area contributed by atoms with Crippen molar-refractivity contribution in [2.24, 2.45) is 5.92 Å². The van der Waals surface area contributed by atoms with Crippen molar-refractivity contribution in [3.63, 3.8) is 0 Å². The molecule has 1 aromatic carbocycles. The first kappa shape index (κ1) is 21.0. The predicted octanol–water partition coefficient (Wildman–Crippen LogP) is 3.86. The summed E-state index contributed by atoms with van der Waals surface area (Å²) in [6.07, 6.45) is 2.24. The lowest BCUT2D eigenvalue weighted by atomic mass is 9.99. The molecule has 4 rings (SSSR count). The van der Waals surface area contributed by atoms with Crippen LogP contribution in [0.4, 0.5) is 5.95 Å². The van der Waals surface area contributed by atoms with Gasteiger partial charge in [0.1, 0.15) is 4.21 Å². The maximum Gasteiger partial charge on any atom is 0.252 e. The number of amides is 1. The van der Waals surface area contributed by atoms with Gasteiger partial charge in [0.25, 0.3) is 10.0 Å². The van der Waals surface area contributed by atoms with Gasteiger partial charge >= 0.3 is 0 Å². The van der Waals surface area contributed by atoms with Crippen molar-refractivity contribution < 1.29 is 13.2 Å². The summed E-state index contributed by atoms with van der Waals surface area (Å²) in [5.41, 5.74) is 1.82. The molecule has 3 heterocycles. The van der Waals surface area contributed by atoms with Gasteiger partial charge in [0.2, 0.25) is 11.9 Å². The number of aryl methyl sites for hydroxylation is 2. The molecule has 0 saturated carbocycles. The van der Waals surface area contributed by atoms with E-state index < -0.39 is 15.9 Å². The lowest BCUT2D eigenvalue weighted by Gasteiger charge is -2.30. The lowest BCUT2D eigenvalue weighted by Crippen LogP contribution is -2.43. The third-order valence-electron chi connectivity index (χ3n) is 5.40. The first-order valence-electron chi connectivity index (χ1n) is 10.2. The summed E-state index contributed by atoms with van der Waals surface area (Å²) < 4.78 is 29.7. The minimum Gasteiger partial charge on any atom is -0.310 e. The third kappa shape index (κ3) is 4.01. The van der Waals surface area contributed by atoms with Crippen molar-refractivity contribution in [2.45, 2.75) is 43.9 Å². The number of aromatic nitrogens is 2. The topological polar surface area (TPSA) is 84.3 Å². The monoisotopic (exact) mass is 446 g/mol. The molecule has 1 aliphatic rings. The van der Waals surface area contributed by atoms with Crippen LogP contribution in [-0.2, 0) is 21.4 Å². The minimum atomic E-state index is -3.57. The number of carbonyl (C=O) groups excluding carboxylic acids is 1. The van der Waals surface area contributed by atoms with E-state index in [0.29, 0.717) is 29.5 Å². The molecule has 0 bridgehead atoms. The first-order valence-corrected chi connectivity index (χ1v) is 12.5. The van der Waals surface area contributed by atoms with Gasteiger partial charge in [-0.05, 0) is 50.5 Å². The van der Waals surface area contributed by atoms with Crippen LogP contribution in [-0.4, -0.2) is 41.3 Å². The maximum atomic E-state index is 13.0. The summed E-state index contributed by atoms with van der Waals surface area (Å²) in [6, 6.07) is 11.3. The van der Waals surface area contributed by atoms with Crippen LogP contribution in [0.5, 0.6) is 0 Å². The maximum absolute atomic E-state index is 13.0. The number of fused-ring (bicyclic) bond motifs is 1. The average molecular weight is 447 g/mol. The molecule has 1 atom stereocenters. The molecule has 30 heavy (non-hydrogen) atoms. The molecule has 160 valence electrons. The Labute approximate surface area is 180 Å². The van der Waals surface area contributed by atoms with Crippen LogP contribution in [0, 0.1) is 12.8 Å². The predicted molar refractivity (Wildman–Crippen MR) is 119 cm³/mol. The van der Waals surface area contributed by atoms with Crippen LogP contribution in [0.3, 0.4) is 0 Å². The first-order chi connectivity index (χ1) is 14.4. The van der Waals surface area contributed by atoms with Gasteiger partial charge < -0.3 is 4.57 Å². The van der Waals surface area contributed by atoms with E-state index in [4.69, 9.17) is 0 Å². The van der Waals surface area contributed by atoms with E-state index in [9.17, 15) is 13.2 Å². The fraction of sp³-hybridized carbons (Fsp3) is 0.429. The van der Waals surface area contributed by atoms with Crippen molar-refractivity contribution in [3.8, 4) is 0 Å². The zero-order valence-corrected chi connectivity index (χ0v) is 18.8. The molecule has 2 aromatic heterocycles. The van der Waals surface area contributed by atoms with Crippen molar-refractivity contribution in [3.05, 3.63) is 41.3 Å². The molecular weight excluding hydrogens is 420 g/mol. The molecule has 1 saturated heterocycles. The highest BCUT2D eigenvalue weighted by molar-refractivity contribution is 7.91. The highest BCUT2D eigenvalue weighted by atomic mass is 32.2. The Hall–Kier alpha value is -2.23. The van der Waals surface area contributed by atoms with Gasteiger partial charge in [0.15, 0.2) is 0 Å². The van der Waals surface area contributed by atoms with Crippen molar-refractivity contribution in [1.82, 2.24) is 13.9 Å². The Morgan fingerprint density at radius 1 is 1.27 bits per heavy atom. The van der Waals surface area contributed by atoms with Crippen molar-refractivity contribution >= 4 is 44.2 Å². The Balaban J connectivity index is 1.53. The van der Waals surface area contributed by atoms with E-state index in [0.717, 1.165) is 28.9 Å². The lowest BCUT2D eigenvalue weighted by molar-refractivity contribution is -0.120. The van der Waals surface area contributed by atoms with Gasteiger partial charge in [-0.15, -0.1) is 11.3 Å². The fourth-order valence-corrected chi connectivity index (χ4v) is 6.85. The molecule has 1 amide bonds. The molecule has 1 fully saturated rings. The van der Waals surface area contributed by atoms with E-state index >= 15 is 0 Å². The number of rotatable bonds is 6. The van der Waals surface area contributed by atoms with Crippen molar-refractivity contribution in [2.75, 3.05) is 18.4 Å². The van der Waals surface area contributed by atoms with Crippen LogP contribution >= 0.6 is 11.3 Å². The number of thiophene rings is 1. The Morgan fingerprint density at radius 3 is 2.80 bits per heavy atom. The quantitative estimate of drug-likeness (QED) is 0.623. The zero-order valence-electron chi connectivity index (χ0n) is 17.2. The number of nitrogens with one attached hydrogen (secondary N) is 1. The van der Waals surface area contributed by atoms with Crippen LogP contribution in [0.1, 0.15) is 31.1 Å². The third-order valence-corrected chi connectivity index (χ3v) is 8.73. The molecule has 0 radical (unpaired) electrons. The summed E-state index contributed by atoms with van der Waals surface area (Å²) in [5, 5.41) is 2.96. The SMILES string of the molecule is CCCn1c(NC(=O)[C@@H]2CCCN(S(=O)(=O)c3ccc(C)s3)C2)nc2ccccc21. The average Bonchev–Trinajstić information content (AvgIpc) is 3.33. The number of carbonyl (C=O) groups is 1. The van der Waals surface area contributed by atoms with E-state index in [-0.39, 0.29) is 12.5 Å². The highest BCUT2D eigenvalue weighted by Gasteiger charge is 2.34. The van der Waals surface area contributed by atoms with E-state index in [2.05, 4.69) is 17.2 Å². The fourth-order valence-electron chi connectivity index (χ4n) is 3.89. The molecule has 0 aliphatic carbocycles. The molecule has 9 heteroatoms. The molecule has 1 N–H and O–H groups in total. The van der Waals surface area contributed by atoms with Gasteiger partial charge in [0.05, 0.1) is 17.0 Å². The molecular formula is C21H26N4O3S2. The minimum absolute atomic E-state index is 0.176. The number of hydrogen-bond acceptors (Lipinski definition) is 5. The van der Waals surface area contributed by atoms with Gasteiger partial charge in [-0.3, -0.25) is 10.1 Å². The molecule has 7 nitrogen and oxygen atoms in total. The summed E-state index contributed by atoms with van der Waals surface area (Å²) in [4.78, 5) is 18.6. The van der Waals surface area contributed by atoms with Crippen molar-refractivity contribution in [1.29, 1.82) is 0 Å². The normalized spacial score (nSPS) is 18.0. The summed E-state index contributed by atoms with van der Waals surface area (Å²) in [6.45, 7) is 5.35. The van der Waals surface area contributed by atoms with Crippen LogP contribution in [0.2, 0.25) is 0 Å². The standard InChI is InChI=1S/C21H26N4O3S2/c1-3-12-25-18-9-5-4-8-17(18)22-21(25)23-20(26)16-7-6-13-24(14-16)30(27,28)19-11-10-15(2)29-19/h4-5,8-11,16H,3,6-7,12-14H2,1-2H3,(H,22,23,26)/t16-/m1/s1. The second-order valence-corrected chi connectivity index (χ2v) is 11.1. The van der Waals surface area contributed by atoms with Gasteiger partial charge in [0, 0.05) is 24.5 Å². The smallest absolute Gasteiger partial charge is 0.252 e. The number of nitrogens with zero attached hydrogens (tertiary/aromatic N) is 3. The van der Waals surface area contributed by atoms with Gasteiger partial charge in [-0.25, -0.2) is 13.4 Å². The number of anilines is 1. The number of para-hydroxylation sites is 2. The van der Waals surface area contributed by atoms with E-state index in [1.165, 1.54) is 15.6 Å². The van der Waals surface area contributed by atoms with E-state index in [1.807, 2.05) is 41.8 Å². The number of piperidine rings is 1. The molecule has 0 spiro atoms. The second kappa shape index (κ2) is 8.49. The van der Waals surface area contributed by atoms with Gasteiger partial charge in [-0.1, -0.05) is 19.1 Å². The Kier molecular flexibility index (Phi) is 5.95. The summed E-state index contributed by atoms with van der Waals surface area (Å²) >= 11 is 1.27. The number of imidazole rings is 1. The molecule has 0 unspecified atom stereocenters. The van der Waals surface area contributed by atoms with Crippen LogP contribution < -0.4 is 5.32 Å². The van der Waals surface area contributed by atoms with E-state index in [1.54, 1.807) is 6.07 Å². The number of sulfonamides is 1. The zero-order chi connectivity index (χ0) is 21.3. The molecule has 3 aromatic rings. The number of benzene rings is 1. The summed E-state index contributed by atoms with van der Waals surface area (Å²) in [5.74, 6) is -0.0497. The summed E-state index contributed by atoms with van der Waals surface area (Å²) in [7, 11) is -3.57. The largest absolute Gasteiger partial charge is 0.310 e. The molecule has 1 aliphatic heterocycles. The van der Waals surface area contributed by atoms with Crippen LogP contribution in [0.25, 0.3) is 11.0 Å². The Bertz CT molecular complexity index is 1170. The second-order valence-electron chi connectivity index (χ2n) is 7.63. The van der Waals surface area contributed by atoms with Crippen LogP contribution in [0.15, 0.2) is 40.6 Å². The Morgan fingerprint density at radius 2 is 2.07 bits per heavy atom. The number of hydrogen-bond donors (Lipinski definition) is 1. The van der Waals surface area contributed by atoms with Gasteiger partial charge in [-0.2, -0.15) is 4.31 Å².